The second-order valence-electron chi connectivity index (χ2n) is 5.32. The first-order chi connectivity index (χ1) is 9.32. The fourth-order valence-corrected chi connectivity index (χ4v) is 1.83. The Balaban J connectivity index is 2.91. The van der Waals surface area contributed by atoms with Crippen molar-refractivity contribution in [2.45, 2.75) is 20.0 Å². The summed E-state index contributed by atoms with van der Waals surface area (Å²) in [6, 6.07) is 5.34. The van der Waals surface area contributed by atoms with Crippen molar-refractivity contribution in [1.82, 2.24) is 4.90 Å². The molecular weight excluding hydrogens is 254 g/mol. The zero-order valence-corrected chi connectivity index (χ0v) is 13.0. The van der Waals surface area contributed by atoms with Gasteiger partial charge in [-0.25, -0.2) is 0 Å². The van der Waals surface area contributed by atoms with Crippen LogP contribution in [0.25, 0.3) is 0 Å². The molecule has 1 aromatic carbocycles. The van der Waals surface area contributed by atoms with E-state index in [2.05, 4.69) is 0 Å². The van der Waals surface area contributed by atoms with Crippen LogP contribution in [0.2, 0.25) is 0 Å². The molecule has 1 rings (SSSR count). The third kappa shape index (κ3) is 4.42. The van der Waals surface area contributed by atoms with E-state index in [9.17, 15) is 4.79 Å². The molecule has 0 aliphatic carbocycles. The second-order valence-corrected chi connectivity index (χ2v) is 5.32. The summed E-state index contributed by atoms with van der Waals surface area (Å²) < 4.78 is 5.54. The molecule has 0 saturated carbocycles. The molecule has 2 N–H and O–H groups in total. The monoisotopic (exact) mass is 279 g/mol. The van der Waals surface area contributed by atoms with Gasteiger partial charge in [-0.15, -0.1) is 0 Å². The van der Waals surface area contributed by atoms with Gasteiger partial charge in [0.05, 0.1) is 24.0 Å². The van der Waals surface area contributed by atoms with Crippen molar-refractivity contribution in [2.75, 3.05) is 44.9 Å². The highest BCUT2D eigenvalue weighted by Gasteiger charge is 2.16. The Hall–Kier alpha value is -1.75. The van der Waals surface area contributed by atoms with Crippen LogP contribution in [-0.4, -0.2) is 51.2 Å². The Morgan fingerprint density at radius 3 is 2.50 bits per heavy atom. The van der Waals surface area contributed by atoms with Gasteiger partial charge >= 0.3 is 0 Å². The average molecular weight is 279 g/mol. The van der Waals surface area contributed by atoms with Crippen molar-refractivity contribution in [3.8, 4) is 0 Å². The fraction of sp³-hybridized carbons (Fsp3) is 0.533. The molecule has 0 heterocycles. The maximum Gasteiger partial charge on any atom is 0.255 e. The molecule has 0 aromatic heterocycles. The lowest BCUT2D eigenvalue weighted by Crippen LogP contribution is -2.28. The quantitative estimate of drug-likeness (QED) is 0.807. The van der Waals surface area contributed by atoms with Crippen LogP contribution in [0.15, 0.2) is 18.2 Å². The first kappa shape index (κ1) is 16.3. The highest BCUT2D eigenvalue weighted by Crippen LogP contribution is 2.23. The van der Waals surface area contributed by atoms with E-state index >= 15 is 0 Å². The van der Waals surface area contributed by atoms with E-state index in [-0.39, 0.29) is 12.0 Å². The SMILES string of the molecule is CC(C)OCCN(C)c1cc(N)ccc1C(=O)N(C)C. The Kier molecular flexibility index (Phi) is 5.82. The summed E-state index contributed by atoms with van der Waals surface area (Å²) in [7, 11) is 5.42. The molecule has 0 bridgehead atoms. The second kappa shape index (κ2) is 7.14. The van der Waals surface area contributed by atoms with E-state index in [1.165, 1.54) is 0 Å². The lowest BCUT2D eigenvalue weighted by Gasteiger charge is -2.24. The summed E-state index contributed by atoms with van der Waals surface area (Å²) in [5, 5.41) is 0. The van der Waals surface area contributed by atoms with Crippen LogP contribution in [0, 0.1) is 0 Å². The Morgan fingerprint density at radius 2 is 1.95 bits per heavy atom. The van der Waals surface area contributed by atoms with Crippen LogP contribution >= 0.6 is 0 Å². The van der Waals surface area contributed by atoms with Gasteiger partial charge in [0.15, 0.2) is 0 Å². The van der Waals surface area contributed by atoms with Crippen molar-refractivity contribution in [1.29, 1.82) is 0 Å². The molecule has 5 heteroatoms. The van der Waals surface area contributed by atoms with Crippen LogP contribution in [0.4, 0.5) is 11.4 Å². The highest BCUT2D eigenvalue weighted by atomic mass is 16.5. The minimum Gasteiger partial charge on any atom is -0.399 e. The average Bonchev–Trinajstić information content (AvgIpc) is 2.37. The molecule has 1 amide bonds. The number of carbonyl (C=O) groups is 1. The lowest BCUT2D eigenvalue weighted by molar-refractivity contribution is 0.0820. The first-order valence-corrected chi connectivity index (χ1v) is 6.76. The van der Waals surface area contributed by atoms with Crippen LogP contribution < -0.4 is 10.6 Å². The Morgan fingerprint density at radius 1 is 1.30 bits per heavy atom. The first-order valence-electron chi connectivity index (χ1n) is 6.76. The third-order valence-corrected chi connectivity index (χ3v) is 2.95. The number of hydrogen-bond donors (Lipinski definition) is 1. The molecule has 0 aliphatic heterocycles. The molecule has 0 fully saturated rings. The van der Waals surface area contributed by atoms with Gasteiger partial charge in [-0.2, -0.15) is 0 Å². The molecule has 0 radical (unpaired) electrons. The maximum atomic E-state index is 12.2. The highest BCUT2D eigenvalue weighted by molar-refractivity contribution is 6.00. The topological polar surface area (TPSA) is 58.8 Å². The molecular formula is C15H25N3O2. The predicted molar refractivity (Wildman–Crippen MR) is 83.2 cm³/mol. The molecule has 0 spiro atoms. The smallest absolute Gasteiger partial charge is 0.255 e. The number of benzene rings is 1. The molecule has 0 saturated heterocycles. The van der Waals surface area contributed by atoms with E-state index in [1.807, 2.05) is 31.9 Å². The van der Waals surface area contributed by atoms with Crippen molar-refractivity contribution in [3.05, 3.63) is 23.8 Å². The van der Waals surface area contributed by atoms with Gasteiger partial charge in [0.1, 0.15) is 0 Å². The number of likely N-dealkylation sites (N-methyl/N-ethyl adjacent to an activating group) is 1. The summed E-state index contributed by atoms with van der Waals surface area (Å²) in [5.74, 6) is -0.0309. The number of nitrogens with two attached hydrogens (primary N) is 1. The van der Waals surface area contributed by atoms with Gasteiger partial charge in [0, 0.05) is 33.4 Å². The predicted octanol–water partition coefficient (Wildman–Crippen LogP) is 1.83. The minimum atomic E-state index is -0.0309. The molecule has 112 valence electrons. The number of rotatable bonds is 6. The van der Waals surface area contributed by atoms with E-state index in [0.29, 0.717) is 24.4 Å². The van der Waals surface area contributed by atoms with Gasteiger partial charge in [0.2, 0.25) is 0 Å². The lowest BCUT2D eigenvalue weighted by atomic mass is 10.1. The van der Waals surface area contributed by atoms with Crippen LogP contribution in [0.5, 0.6) is 0 Å². The van der Waals surface area contributed by atoms with Gasteiger partial charge < -0.3 is 20.3 Å². The number of hydrogen-bond acceptors (Lipinski definition) is 4. The maximum absolute atomic E-state index is 12.2. The standard InChI is InChI=1S/C15H25N3O2/c1-11(2)20-9-8-18(5)14-10-12(16)6-7-13(14)15(19)17(3)4/h6-7,10-11H,8-9,16H2,1-5H3. The number of nitrogen functional groups attached to an aromatic ring is 1. The van der Waals surface area contributed by atoms with Gasteiger partial charge in [-0.05, 0) is 32.0 Å². The van der Waals surface area contributed by atoms with Crippen LogP contribution in [0.1, 0.15) is 24.2 Å². The molecule has 0 atom stereocenters. The minimum absolute atomic E-state index is 0.0309. The molecule has 1 aromatic rings. The van der Waals surface area contributed by atoms with E-state index in [1.54, 1.807) is 31.1 Å². The van der Waals surface area contributed by atoms with Crippen molar-refractivity contribution in [3.63, 3.8) is 0 Å². The summed E-state index contributed by atoms with van der Waals surface area (Å²) >= 11 is 0. The number of anilines is 2. The summed E-state index contributed by atoms with van der Waals surface area (Å²) in [4.78, 5) is 15.7. The Bertz CT molecular complexity index is 458. The third-order valence-electron chi connectivity index (χ3n) is 2.95. The fourth-order valence-electron chi connectivity index (χ4n) is 1.83. The summed E-state index contributed by atoms with van der Waals surface area (Å²) in [5.41, 5.74) is 7.96. The van der Waals surface area contributed by atoms with Gasteiger partial charge in [-0.3, -0.25) is 4.79 Å². The Labute approximate surface area is 121 Å². The van der Waals surface area contributed by atoms with Crippen LogP contribution in [-0.2, 0) is 4.74 Å². The molecule has 5 nitrogen and oxygen atoms in total. The zero-order chi connectivity index (χ0) is 15.3. The van der Waals surface area contributed by atoms with E-state index in [0.717, 1.165) is 5.69 Å². The van der Waals surface area contributed by atoms with Crippen LogP contribution in [0.3, 0.4) is 0 Å². The van der Waals surface area contributed by atoms with Gasteiger partial charge in [-0.1, -0.05) is 0 Å². The zero-order valence-electron chi connectivity index (χ0n) is 13.0. The summed E-state index contributed by atoms with van der Waals surface area (Å²) in [6.07, 6.45) is 0.201. The molecule has 20 heavy (non-hydrogen) atoms. The molecule has 0 aliphatic rings. The molecule has 0 unspecified atom stereocenters. The number of amides is 1. The largest absolute Gasteiger partial charge is 0.399 e. The van der Waals surface area contributed by atoms with Gasteiger partial charge in [0.25, 0.3) is 5.91 Å². The number of carbonyl (C=O) groups excluding carboxylic acids is 1. The summed E-state index contributed by atoms with van der Waals surface area (Å²) in [6.45, 7) is 5.32. The van der Waals surface area contributed by atoms with E-state index in [4.69, 9.17) is 10.5 Å². The normalized spacial score (nSPS) is 10.7. The van der Waals surface area contributed by atoms with Crippen molar-refractivity contribution < 1.29 is 9.53 Å². The van der Waals surface area contributed by atoms with Crippen molar-refractivity contribution in [2.24, 2.45) is 0 Å². The number of ether oxygens (including phenoxy) is 1. The van der Waals surface area contributed by atoms with E-state index < -0.39 is 0 Å². The number of nitrogens with zero attached hydrogens (tertiary/aromatic N) is 2. The van der Waals surface area contributed by atoms with Crippen molar-refractivity contribution >= 4 is 17.3 Å².